The quantitative estimate of drug-likeness (QED) is 0.814. The van der Waals surface area contributed by atoms with Crippen LogP contribution in [0.4, 0.5) is 0 Å². The first-order valence-corrected chi connectivity index (χ1v) is 7.79. The van der Waals surface area contributed by atoms with Gasteiger partial charge in [-0.2, -0.15) is 0 Å². The Morgan fingerprint density at radius 3 is 2.33 bits per heavy atom. The number of rotatable bonds is 7. The maximum absolute atomic E-state index is 12.4. The fraction of sp³-hybridized carbons (Fsp3) is 0.333. The predicted molar refractivity (Wildman–Crippen MR) is 88.3 cm³/mol. The first kappa shape index (κ1) is 17.6. The lowest BCUT2D eigenvalue weighted by Crippen LogP contribution is -2.33. The highest BCUT2D eigenvalue weighted by atomic mass is 16.5. The minimum Gasteiger partial charge on any atom is -0.497 e. The molecular weight excluding hydrogens is 310 g/mol. The van der Waals surface area contributed by atoms with Crippen molar-refractivity contribution in [1.82, 2.24) is 5.32 Å². The van der Waals surface area contributed by atoms with Crippen molar-refractivity contribution in [2.75, 3.05) is 7.11 Å². The number of nitrogens with one attached hydrogen (secondary N) is 1. The molecule has 0 saturated carbocycles. The molecular formula is C18H21NO5. The summed E-state index contributed by atoms with van der Waals surface area (Å²) in [5, 5.41) is 11.9. The second kappa shape index (κ2) is 7.68. The largest absolute Gasteiger partial charge is 0.497 e. The second-order valence-corrected chi connectivity index (χ2v) is 5.28. The number of carboxylic acids is 1. The molecule has 0 aliphatic heterocycles. The molecule has 0 fully saturated rings. The third kappa shape index (κ3) is 3.76. The molecule has 1 amide bonds. The zero-order chi connectivity index (χ0) is 17.7. The zero-order valence-corrected chi connectivity index (χ0v) is 14.0. The Balaban J connectivity index is 2.22. The summed E-state index contributed by atoms with van der Waals surface area (Å²) < 4.78 is 10.6. The first-order chi connectivity index (χ1) is 11.5. The normalized spacial score (nSPS) is 11.8. The smallest absolute Gasteiger partial charge is 0.330 e. The van der Waals surface area contributed by atoms with Crippen molar-refractivity contribution < 1.29 is 23.8 Å². The number of amides is 1. The average molecular weight is 331 g/mol. The van der Waals surface area contributed by atoms with Crippen molar-refractivity contribution in [3.8, 4) is 5.75 Å². The van der Waals surface area contributed by atoms with Crippen molar-refractivity contribution >= 4 is 11.9 Å². The summed E-state index contributed by atoms with van der Waals surface area (Å²) in [5.74, 6) is -0.206. The van der Waals surface area contributed by atoms with Gasteiger partial charge in [-0.15, -0.1) is 0 Å². The molecule has 24 heavy (non-hydrogen) atoms. The van der Waals surface area contributed by atoms with E-state index in [-0.39, 0.29) is 5.76 Å². The van der Waals surface area contributed by atoms with Gasteiger partial charge < -0.3 is 19.6 Å². The van der Waals surface area contributed by atoms with Gasteiger partial charge in [0.25, 0.3) is 5.91 Å². The standard InChI is InChI=1S/C18H21NO5/c1-4-11-10-15(24-14(11)5-2)17(20)19-16(18(21)22)12-6-8-13(23-3)9-7-12/h6-10,16H,4-5H2,1-3H3,(H,19,20)(H,21,22). The van der Waals surface area contributed by atoms with Crippen LogP contribution >= 0.6 is 0 Å². The molecule has 0 radical (unpaired) electrons. The van der Waals surface area contributed by atoms with Crippen LogP contribution in [-0.2, 0) is 17.6 Å². The Morgan fingerprint density at radius 1 is 1.21 bits per heavy atom. The summed E-state index contributed by atoms with van der Waals surface area (Å²) in [4.78, 5) is 23.9. The predicted octanol–water partition coefficient (Wildman–Crippen LogP) is 2.97. The molecule has 0 aliphatic carbocycles. The summed E-state index contributed by atoms with van der Waals surface area (Å²) in [7, 11) is 1.53. The van der Waals surface area contributed by atoms with Gasteiger partial charge in [0.15, 0.2) is 11.8 Å². The maximum Gasteiger partial charge on any atom is 0.330 e. The van der Waals surface area contributed by atoms with Crippen molar-refractivity contribution in [3.05, 3.63) is 53.0 Å². The Kier molecular flexibility index (Phi) is 5.63. The van der Waals surface area contributed by atoms with E-state index in [1.54, 1.807) is 30.3 Å². The molecule has 0 saturated heterocycles. The van der Waals surface area contributed by atoms with Gasteiger partial charge in [-0.25, -0.2) is 4.79 Å². The van der Waals surface area contributed by atoms with Crippen molar-refractivity contribution in [1.29, 1.82) is 0 Å². The number of benzene rings is 1. The molecule has 2 rings (SSSR count). The molecule has 2 aromatic rings. The van der Waals surface area contributed by atoms with Gasteiger partial charge in [-0.1, -0.05) is 26.0 Å². The molecule has 2 N–H and O–H groups in total. The van der Waals surface area contributed by atoms with Crippen LogP contribution in [0.25, 0.3) is 0 Å². The van der Waals surface area contributed by atoms with Gasteiger partial charge in [-0.05, 0) is 35.7 Å². The Bertz CT molecular complexity index is 696. The van der Waals surface area contributed by atoms with E-state index in [1.807, 2.05) is 13.8 Å². The molecule has 1 heterocycles. The number of aliphatic carboxylic acids is 1. The zero-order valence-electron chi connectivity index (χ0n) is 14.0. The number of carboxylic acid groups (broad SMARTS) is 1. The topological polar surface area (TPSA) is 88.8 Å². The molecule has 1 aromatic carbocycles. The van der Waals surface area contributed by atoms with Crippen LogP contribution < -0.4 is 10.1 Å². The van der Waals surface area contributed by atoms with Crippen molar-refractivity contribution in [3.63, 3.8) is 0 Å². The molecule has 1 unspecified atom stereocenters. The molecule has 128 valence electrons. The Labute approximate surface area is 140 Å². The van der Waals surface area contributed by atoms with E-state index in [0.717, 1.165) is 17.7 Å². The van der Waals surface area contributed by atoms with Crippen LogP contribution in [0.15, 0.2) is 34.7 Å². The average Bonchev–Trinajstić information content (AvgIpc) is 3.03. The molecule has 1 atom stereocenters. The third-order valence-electron chi connectivity index (χ3n) is 3.79. The summed E-state index contributed by atoms with van der Waals surface area (Å²) >= 11 is 0. The first-order valence-electron chi connectivity index (χ1n) is 7.79. The molecule has 0 aliphatic rings. The molecule has 0 spiro atoms. The summed E-state index contributed by atoms with van der Waals surface area (Å²) in [6.45, 7) is 3.92. The highest BCUT2D eigenvalue weighted by molar-refractivity contribution is 5.94. The van der Waals surface area contributed by atoms with Gasteiger partial charge in [0.1, 0.15) is 11.5 Å². The molecule has 6 heteroatoms. The van der Waals surface area contributed by atoms with Crippen molar-refractivity contribution in [2.45, 2.75) is 32.7 Å². The fourth-order valence-electron chi connectivity index (χ4n) is 2.46. The van der Waals surface area contributed by atoms with Gasteiger partial charge in [0.2, 0.25) is 0 Å². The Morgan fingerprint density at radius 2 is 1.88 bits per heavy atom. The van der Waals surface area contributed by atoms with E-state index in [1.165, 1.54) is 7.11 Å². The number of furan rings is 1. The summed E-state index contributed by atoms with van der Waals surface area (Å²) in [6, 6.07) is 7.01. The maximum atomic E-state index is 12.4. The van der Waals surface area contributed by atoms with Crippen LogP contribution in [-0.4, -0.2) is 24.1 Å². The fourth-order valence-corrected chi connectivity index (χ4v) is 2.46. The molecule has 1 aromatic heterocycles. The summed E-state index contributed by atoms with van der Waals surface area (Å²) in [5.41, 5.74) is 1.41. The number of hydrogen-bond donors (Lipinski definition) is 2. The SMILES string of the molecule is CCc1cc(C(=O)NC(C(=O)O)c2ccc(OC)cc2)oc1CC. The van der Waals surface area contributed by atoms with E-state index in [2.05, 4.69) is 5.32 Å². The van der Waals surface area contributed by atoms with Gasteiger partial charge >= 0.3 is 5.97 Å². The molecule has 0 bridgehead atoms. The van der Waals surface area contributed by atoms with Gasteiger partial charge in [0, 0.05) is 6.42 Å². The van der Waals surface area contributed by atoms with E-state index in [0.29, 0.717) is 17.7 Å². The van der Waals surface area contributed by atoms with Crippen LogP contribution in [0.5, 0.6) is 5.75 Å². The monoisotopic (exact) mass is 331 g/mol. The minimum absolute atomic E-state index is 0.128. The third-order valence-corrected chi connectivity index (χ3v) is 3.79. The lowest BCUT2D eigenvalue weighted by atomic mass is 10.1. The lowest BCUT2D eigenvalue weighted by Gasteiger charge is -2.14. The van der Waals surface area contributed by atoms with E-state index < -0.39 is 17.9 Å². The molecule has 6 nitrogen and oxygen atoms in total. The highest BCUT2D eigenvalue weighted by Gasteiger charge is 2.25. The number of methoxy groups -OCH3 is 1. The van der Waals surface area contributed by atoms with Gasteiger partial charge in [0.05, 0.1) is 7.11 Å². The van der Waals surface area contributed by atoms with E-state index >= 15 is 0 Å². The second-order valence-electron chi connectivity index (χ2n) is 5.28. The minimum atomic E-state index is -1.16. The van der Waals surface area contributed by atoms with Crippen molar-refractivity contribution in [2.24, 2.45) is 0 Å². The van der Waals surface area contributed by atoms with E-state index in [4.69, 9.17) is 9.15 Å². The van der Waals surface area contributed by atoms with Crippen LogP contribution in [0, 0.1) is 0 Å². The van der Waals surface area contributed by atoms with E-state index in [9.17, 15) is 14.7 Å². The number of ether oxygens (including phenoxy) is 1. The van der Waals surface area contributed by atoms with Gasteiger partial charge in [-0.3, -0.25) is 4.79 Å². The number of carbonyl (C=O) groups excluding carboxylic acids is 1. The lowest BCUT2D eigenvalue weighted by molar-refractivity contribution is -0.139. The van der Waals surface area contributed by atoms with Crippen LogP contribution in [0.1, 0.15) is 47.3 Å². The number of carbonyl (C=O) groups is 2. The highest BCUT2D eigenvalue weighted by Crippen LogP contribution is 2.21. The summed E-state index contributed by atoms with van der Waals surface area (Å²) in [6.07, 6.45) is 1.43. The Hall–Kier alpha value is -2.76. The van der Waals surface area contributed by atoms with Crippen LogP contribution in [0.2, 0.25) is 0 Å². The number of aryl methyl sites for hydroxylation is 2. The number of hydrogen-bond acceptors (Lipinski definition) is 4. The van der Waals surface area contributed by atoms with Crippen LogP contribution in [0.3, 0.4) is 0 Å².